The van der Waals surface area contributed by atoms with Gasteiger partial charge in [0.25, 0.3) is 11.8 Å². The molecular weight excluding hydrogens is 1370 g/mol. The van der Waals surface area contributed by atoms with E-state index in [4.69, 9.17) is 65.4 Å². The molecule has 9 heterocycles. The average Bonchev–Trinajstić information content (AvgIpc) is 1.80. The summed E-state index contributed by atoms with van der Waals surface area (Å²) in [6.07, 6.45) is 15.7. The maximum absolute atomic E-state index is 14.4. The number of pyridine rings is 6. The number of hydrogen-bond acceptors (Lipinski definition) is 10. The predicted molar refractivity (Wildman–Crippen MR) is 392 cm³/mol. The normalized spacial score (nSPS) is 10.8. The van der Waals surface area contributed by atoms with E-state index in [1.807, 2.05) is 54.6 Å². The molecule has 0 radical (unpaired) electrons. The van der Waals surface area contributed by atoms with Crippen LogP contribution in [0, 0.1) is 37.2 Å². The lowest BCUT2D eigenvalue weighted by Gasteiger charge is -2.09. The number of fused-ring (bicyclic) bond motifs is 6. The van der Waals surface area contributed by atoms with Crippen LogP contribution in [-0.4, -0.2) is 67.7 Å². The summed E-state index contributed by atoms with van der Waals surface area (Å²) >= 11 is 18.1. The van der Waals surface area contributed by atoms with Gasteiger partial charge < -0.3 is 36.4 Å². The van der Waals surface area contributed by atoms with Gasteiger partial charge in [0, 0.05) is 172 Å². The van der Waals surface area contributed by atoms with Crippen molar-refractivity contribution < 1.29 is 32.7 Å². The molecule has 6 aromatic carbocycles. The first-order valence-electron chi connectivity index (χ1n) is 31.4. The summed E-state index contributed by atoms with van der Waals surface area (Å²) in [7, 11) is 0. The van der Waals surface area contributed by atoms with E-state index in [0.29, 0.717) is 124 Å². The number of benzene rings is 6. The maximum atomic E-state index is 14.4. The fourth-order valence-corrected chi connectivity index (χ4v) is 11.9. The van der Waals surface area contributed by atoms with E-state index in [9.17, 15) is 27.6 Å². The first-order valence-corrected chi connectivity index (χ1v) is 32.5. The highest BCUT2D eigenvalue weighted by Crippen LogP contribution is 2.30. The minimum atomic E-state index is -0.965. The molecule has 0 atom stereocenters. The molecule has 9 aromatic heterocycles. The lowest BCUT2D eigenvalue weighted by atomic mass is 10.0. The minimum Gasteiger partial charge on any atom is -0.478 e. The number of rotatable bonds is 14. The van der Waals surface area contributed by atoms with Crippen LogP contribution in [-0.2, 0) is 38.9 Å². The number of carbonyl (C=O) groups is 3. The van der Waals surface area contributed by atoms with Gasteiger partial charge in [0.05, 0.1) is 56.9 Å². The number of carboxylic acids is 1. The molecule has 0 aliphatic carbocycles. The maximum Gasteiger partial charge on any atom is 0.335 e. The summed E-state index contributed by atoms with van der Waals surface area (Å²) < 4.78 is 42.0. The van der Waals surface area contributed by atoms with E-state index in [-0.39, 0.29) is 42.8 Å². The number of carbonyl (C=O) groups excluding carboxylic acids is 2. The Morgan fingerprint density at radius 2 is 0.767 bits per heavy atom. The molecular formula is C78H53Cl3F3N15O4. The van der Waals surface area contributed by atoms with Gasteiger partial charge in [-0.1, -0.05) is 71.2 Å². The molecule has 19 nitrogen and oxygen atoms in total. The molecule has 15 aromatic rings. The smallest absolute Gasteiger partial charge is 0.335 e. The number of carboxylic acid groups (broad SMARTS) is 1. The highest BCUT2D eigenvalue weighted by atomic mass is 35.5. The average molecular weight is 1430 g/mol. The summed E-state index contributed by atoms with van der Waals surface area (Å²) in [5.41, 5.74) is 18.5. The second kappa shape index (κ2) is 31.5. The number of halogens is 6. The standard InChI is InChI=1S/2C26H17ClFN5O.C17H11N3O2.C9H8ClFN2/c2*1-29-20-9-17-6-15(2-3-24(17)31-13-20)7-19-8-16(4-5-30-19)26(34)33-12-18-10-21-22(27)14-32-25(21)11-23(18)28;1-18-15-9-13-6-11(2-3-16(13)20-10-15)7-14-8-12(17(21)22)4-5-19-14;10-7-4-13-9-2-8(11)5(3-12)1-6(7)9/h2*2-6,8-11,13-14,32H,7,12H2,(H,33,34);2-6,8-10H,7H2,(H,21,22);1-2,4,13H,3,12H2. The number of nitrogens with one attached hydrogen (secondary N) is 5. The highest BCUT2D eigenvalue weighted by molar-refractivity contribution is 6.36. The van der Waals surface area contributed by atoms with Gasteiger partial charge in [0.1, 0.15) is 17.5 Å². The third-order valence-electron chi connectivity index (χ3n) is 16.5. The third-order valence-corrected chi connectivity index (χ3v) is 17.4. The Labute approximate surface area is 599 Å². The number of nitrogens with zero attached hydrogens (tertiary/aromatic N) is 9. The molecule has 0 saturated carbocycles. The van der Waals surface area contributed by atoms with Gasteiger partial charge in [-0.15, -0.1) is 0 Å². The number of aromatic amines is 3. The van der Waals surface area contributed by atoms with Crippen molar-refractivity contribution in [3.63, 3.8) is 0 Å². The van der Waals surface area contributed by atoms with E-state index in [1.54, 1.807) is 116 Å². The minimum absolute atomic E-state index is 0.0286. The van der Waals surface area contributed by atoms with Crippen LogP contribution in [0.2, 0.25) is 15.1 Å². The van der Waals surface area contributed by atoms with Gasteiger partial charge in [-0.25, -0.2) is 32.5 Å². The Morgan fingerprint density at radius 3 is 1.11 bits per heavy atom. The molecule has 103 heavy (non-hydrogen) atoms. The fraction of sp³-hybridized carbons (Fsp3) is 0.0769. The van der Waals surface area contributed by atoms with Gasteiger partial charge >= 0.3 is 5.97 Å². The van der Waals surface area contributed by atoms with Crippen molar-refractivity contribution in [2.24, 2.45) is 5.73 Å². The molecule has 0 bridgehead atoms. The van der Waals surface area contributed by atoms with Gasteiger partial charge in [-0.3, -0.25) is 39.5 Å². The van der Waals surface area contributed by atoms with Crippen LogP contribution in [0.15, 0.2) is 201 Å². The predicted octanol–water partition coefficient (Wildman–Crippen LogP) is 17.8. The topological polar surface area (TPSA) is 259 Å². The van der Waals surface area contributed by atoms with E-state index < -0.39 is 17.6 Å². The monoisotopic (exact) mass is 1430 g/mol. The van der Waals surface area contributed by atoms with Crippen molar-refractivity contribution >= 4 is 135 Å². The van der Waals surface area contributed by atoms with E-state index >= 15 is 0 Å². The number of aromatic carboxylic acids is 1. The van der Waals surface area contributed by atoms with E-state index in [2.05, 4.69) is 70.0 Å². The SMILES string of the molecule is NCc1cc2c(Cl)c[nH]c2cc1F.[C-]#[N+]c1cnc2ccc(Cc3cc(C(=O)NCc4cc5c(Cl)c[nH]c5cc4F)ccn3)cc2c1.[C-]#[N+]c1cnc2ccc(Cc3cc(C(=O)NCc4cc5c(Cl)c[nH]c5cc4F)ccn3)cc2c1.[C-]#[N+]c1cnc2ccc(Cc3cc(C(=O)O)ccn3)cc2c1. The van der Waals surface area contributed by atoms with E-state index in [1.165, 1.54) is 30.5 Å². The number of hydrogen-bond donors (Lipinski definition) is 7. The third kappa shape index (κ3) is 16.9. The zero-order valence-corrected chi connectivity index (χ0v) is 56.1. The number of nitrogens with two attached hydrogens (primary N) is 1. The van der Waals surface area contributed by atoms with E-state index in [0.717, 1.165) is 54.8 Å². The van der Waals surface area contributed by atoms with Crippen molar-refractivity contribution in [1.82, 2.24) is 55.5 Å². The second-order valence-corrected chi connectivity index (χ2v) is 24.6. The van der Waals surface area contributed by atoms with Crippen LogP contribution in [0.3, 0.4) is 0 Å². The van der Waals surface area contributed by atoms with Crippen LogP contribution in [0.25, 0.3) is 80.0 Å². The Morgan fingerprint density at radius 1 is 0.437 bits per heavy atom. The lowest BCUT2D eigenvalue weighted by Crippen LogP contribution is -2.23. The van der Waals surface area contributed by atoms with Crippen molar-refractivity contribution in [1.29, 1.82) is 0 Å². The summed E-state index contributed by atoms with van der Waals surface area (Å²) in [6, 6.07) is 41.6. The van der Waals surface area contributed by atoms with Crippen molar-refractivity contribution in [2.45, 2.75) is 38.9 Å². The summed E-state index contributed by atoms with van der Waals surface area (Å²) in [6.45, 7) is 21.6. The number of amides is 2. The van der Waals surface area contributed by atoms with Crippen molar-refractivity contribution in [3.05, 3.63) is 335 Å². The van der Waals surface area contributed by atoms with Gasteiger partial charge in [0.2, 0.25) is 17.1 Å². The fourth-order valence-electron chi connectivity index (χ4n) is 11.2. The second-order valence-electron chi connectivity index (χ2n) is 23.4. The van der Waals surface area contributed by atoms with Crippen LogP contribution < -0.4 is 16.4 Å². The molecule has 0 aliphatic rings. The zero-order chi connectivity index (χ0) is 72.3. The molecule has 0 spiro atoms. The van der Waals surface area contributed by atoms with Crippen LogP contribution >= 0.6 is 34.8 Å². The van der Waals surface area contributed by atoms with Crippen molar-refractivity contribution in [3.8, 4) is 0 Å². The lowest BCUT2D eigenvalue weighted by molar-refractivity contribution is 0.0696. The molecule has 0 unspecified atom stereocenters. The first kappa shape index (κ1) is 70.0. The molecule has 15 rings (SSSR count). The summed E-state index contributed by atoms with van der Waals surface area (Å²) in [5.74, 6) is -2.76. The van der Waals surface area contributed by atoms with Gasteiger partial charge in [-0.05, 0) is 142 Å². The van der Waals surface area contributed by atoms with Crippen LogP contribution in [0.1, 0.15) is 81.5 Å². The summed E-state index contributed by atoms with van der Waals surface area (Å²) in [5, 5.41) is 21.0. The highest BCUT2D eigenvalue weighted by Gasteiger charge is 2.16. The Bertz CT molecular complexity index is 5700. The first-order chi connectivity index (χ1) is 49.9. The van der Waals surface area contributed by atoms with Crippen LogP contribution in [0.5, 0.6) is 0 Å². The molecule has 0 aliphatic heterocycles. The zero-order valence-electron chi connectivity index (χ0n) is 53.8. The quantitative estimate of drug-likeness (QED) is 0.0504. The molecule has 2 amide bonds. The van der Waals surface area contributed by atoms with Gasteiger partial charge in [0.15, 0.2) is 0 Å². The molecule has 25 heteroatoms. The molecule has 506 valence electrons. The Hall–Kier alpha value is -12.9. The van der Waals surface area contributed by atoms with Crippen molar-refractivity contribution in [2.75, 3.05) is 0 Å². The largest absolute Gasteiger partial charge is 0.478 e. The van der Waals surface area contributed by atoms with Crippen LogP contribution in [0.4, 0.5) is 30.2 Å². The Kier molecular flexibility index (Phi) is 21.4. The molecule has 8 N–H and O–H groups in total. The molecule has 0 saturated heterocycles. The summed E-state index contributed by atoms with van der Waals surface area (Å²) in [4.78, 5) is 81.1. The number of aromatic nitrogens is 9. The molecule has 0 fully saturated rings. The Balaban J connectivity index is 0.000000136. The van der Waals surface area contributed by atoms with Gasteiger partial charge in [-0.2, -0.15) is 0 Å². The number of H-pyrrole nitrogens is 3.